The summed E-state index contributed by atoms with van der Waals surface area (Å²) in [5, 5.41) is 0. The van der Waals surface area contributed by atoms with Gasteiger partial charge in [0.25, 0.3) is 0 Å². The standard InChI is InChI=1S/C5H11Cl2N.C5H13N.ClH/c1-8(4-2-6)5-3-7;1-3-5(6)4-2;/h2-5H2,1H3;5H,3-4,6H2,1-2H3;1H. The third kappa shape index (κ3) is 20.8. The van der Waals surface area contributed by atoms with Gasteiger partial charge >= 0.3 is 0 Å². The van der Waals surface area contributed by atoms with Crippen LogP contribution in [0.3, 0.4) is 0 Å². The van der Waals surface area contributed by atoms with Crippen LogP contribution in [0.25, 0.3) is 0 Å². The van der Waals surface area contributed by atoms with E-state index in [1.165, 1.54) is 0 Å². The molecule has 0 amide bonds. The van der Waals surface area contributed by atoms with Crippen LogP contribution < -0.4 is 5.73 Å². The number of nitrogens with two attached hydrogens (primary N) is 1. The lowest BCUT2D eigenvalue weighted by molar-refractivity contribution is 0.378. The highest BCUT2D eigenvalue weighted by atomic mass is 35.5. The molecule has 0 aromatic heterocycles. The molecule has 0 bridgehead atoms. The second kappa shape index (κ2) is 17.2. The second-order valence-electron chi connectivity index (χ2n) is 3.26. The van der Waals surface area contributed by atoms with E-state index < -0.39 is 0 Å². The molecule has 0 radical (unpaired) electrons. The van der Waals surface area contributed by atoms with E-state index in [1.54, 1.807) is 0 Å². The van der Waals surface area contributed by atoms with Gasteiger partial charge in [-0.1, -0.05) is 13.8 Å². The molecule has 0 aliphatic heterocycles. The normalized spacial score (nSPS) is 9.60. The summed E-state index contributed by atoms with van der Waals surface area (Å²) in [6.45, 7) is 6.06. The summed E-state index contributed by atoms with van der Waals surface area (Å²) in [4.78, 5) is 2.10. The van der Waals surface area contributed by atoms with Crippen molar-refractivity contribution in [3.63, 3.8) is 0 Å². The molecule has 15 heavy (non-hydrogen) atoms. The van der Waals surface area contributed by atoms with Crippen LogP contribution in [0.2, 0.25) is 0 Å². The van der Waals surface area contributed by atoms with Gasteiger partial charge in [-0.3, -0.25) is 0 Å². The summed E-state index contributed by atoms with van der Waals surface area (Å²) in [5.41, 5.74) is 5.47. The molecule has 0 saturated heterocycles. The SMILES string of the molecule is CCC(N)CC.CN(CCCl)CCCl.Cl. The Morgan fingerprint density at radius 2 is 1.40 bits per heavy atom. The molecule has 0 spiro atoms. The zero-order chi connectivity index (χ0) is 11.4. The molecule has 0 aliphatic rings. The van der Waals surface area contributed by atoms with Gasteiger partial charge in [-0.25, -0.2) is 0 Å². The molecular formula is C10H25Cl3N2. The predicted molar refractivity (Wildman–Crippen MR) is 74.7 cm³/mol. The van der Waals surface area contributed by atoms with E-state index in [0.29, 0.717) is 17.8 Å². The maximum Gasteiger partial charge on any atom is 0.0351 e. The lowest BCUT2D eigenvalue weighted by Crippen LogP contribution is -2.22. The summed E-state index contributed by atoms with van der Waals surface area (Å²) < 4.78 is 0. The summed E-state index contributed by atoms with van der Waals surface area (Å²) in [7, 11) is 2.00. The molecule has 0 unspecified atom stereocenters. The average molecular weight is 280 g/mol. The first-order chi connectivity index (χ1) is 6.62. The van der Waals surface area contributed by atoms with Gasteiger partial charge in [0, 0.05) is 30.9 Å². The van der Waals surface area contributed by atoms with E-state index >= 15 is 0 Å². The molecule has 0 aliphatic carbocycles. The average Bonchev–Trinajstić information content (AvgIpc) is 2.18. The Bertz CT molecular complexity index is 94.7. The Hall–Kier alpha value is 0.790. The first-order valence-electron chi connectivity index (χ1n) is 5.18. The maximum absolute atomic E-state index is 5.47. The van der Waals surface area contributed by atoms with Gasteiger partial charge in [0.1, 0.15) is 0 Å². The summed E-state index contributed by atoms with van der Waals surface area (Å²) in [6, 6.07) is 0.435. The van der Waals surface area contributed by atoms with Crippen LogP contribution in [0, 0.1) is 0 Å². The van der Waals surface area contributed by atoms with E-state index in [9.17, 15) is 0 Å². The maximum atomic E-state index is 5.47. The number of hydrogen-bond donors (Lipinski definition) is 1. The zero-order valence-electron chi connectivity index (χ0n) is 10.0. The molecular weight excluding hydrogens is 254 g/mol. The topological polar surface area (TPSA) is 29.3 Å². The van der Waals surface area contributed by atoms with Gasteiger partial charge in [0.2, 0.25) is 0 Å². The molecule has 0 rings (SSSR count). The van der Waals surface area contributed by atoms with Gasteiger partial charge in [-0.05, 0) is 19.9 Å². The van der Waals surface area contributed by atoms with Crippen molar-refractivity contribution in [3.8, 4) is 0 Å². The highest BCUT2D eigenvalue weighted by molar-refractivity contribution is 6.18. The quantitative estimate of drug-likeness (QED) is 0.758. The minimum atomic E-state index is 0. The van der Waals surface area contributed by atoms with E-state index in [0.717, 1.165) is 25.9 Å². The van der Waals surface area contributed by atoms with Crippen LogP contribution in [0.4, 0.5) is 0 Å². The number of rotatable bonds is 6. The van der Waals surface area contributed by atoms with Crippen LogP contribution in [0.1, 0.15) is 26.7 Å². The molecule has 0 aromatic rings. The third-order valence-electron chi connectivity index (χ3n) is 1.98. The number of hydrogen-bond acceptors (Lipinski definition) is 2. The van der Waals surface area contributed by atoms with E-state index in [4.69, 9.17) is 28.9 Å². The van der Waals surface area contributed by atoms with Crippen LogP contribution in [0.15, 0.2) is 0 Å². The molecule has 0 atom stereocenters. The van der Waals surface area contributed by atoms with Gasteiger partial charge in [0.05, 0.1) is 0 Å². The molecule has 0 aromatic carbocycles. The lowest BCUT2D eigenvalue weighted by atomic mass is 10.2. The fraction of sp³-hybridized carbons (Fsp3) is 1.00. The van der Waals surface area contributed by atoms with Crippen LogP contribution >= 0.6 is 35.6 Å². The zero-order valence-corrected chi connectivity index (χ0v) is 12.3. The summed E-state index contributed by atoms with van der Waals surface area (Å²) in [5.74, 6) is 1.38. The fourth-order valence-corrected chi connectivity index (χ4v) is 1.27. The van der Waals surface area contributed by atoms with Crippen molar-refractivity contribution in [2.45, 2.75) is 32.7 Å². The molecule has 0 fully saturated rings. The first-order valence-corrected chi connectivity index (χ1v) is 6.25. The summed E-state index contributed by atoms with van der Waals surface area (Å²) in [6.07, 6.45) is 2.22. The molecule has 2 nitrogen and oxygen atoms in total. The fourth-order valence-electron chi connectivity index (χ4n) is 0.689. The van der Waals surface area contributed by atoms with Crippen LogP contribution in [-0.4, -0.2) is 42.8 Å². The highest BCUT2D eigenvalue weighted by Crippen LogP contribution is 1.88. The Kier molecular flexibility index (Phi) is 24.2. The Morgan fingerprint density at radius 1 is 1.07 bits per heavy atom. The van der Waals surface area contributed by atoms with Crippen molar-refractivity contribution in [3.05, 3.63) is 0 Å². The van der Waals surface area contributed by atoms with Gasteiger partial charge < -0.3 is 10.6 Å². The molecule has 0 saturated carbocycles. The van der Waals surface area contributed by atoms with Crippen molar-refractivity contribution in [1.82, 2.24) is 4.90 Å². The van der Waals surface area contributed by atoms with Gasteiger partial charge in [0.15, 0.2) is 0 Å². The smallest absolute Gasteiger partial charge is 0.0351 e. The van der Waals surface area contributed by atoms with E-state index in [2.05, 4.69) is 18.7 Å². The largest absolute Gasteiger partial charge is 0.328 e. The number of nitrogens with zero attached hydrogens (tertiary/aromatic N) is 1. The number of alkyl halides is 2. The Balaban J connectivity index is -0.000000187. The van der Waals surface area contributed by atoms with Crippen molar-refractivity contribution in [1.29, 1.82) is 0 Å². The van der Waals surface area contributed by atoms with Crippen molar-refractivity contribution < 1.29 is 0 Å². The van der Waals surface area contributed by atoms with Crippen molar-refractivity contribution in [2.24, 2.45) is 5.73 Å². The Morgan fingerprint density at radius 3 is 1.53 bits per heavy atom. The van der Waals surface area contributed by atoms with Crippen LogP contribution in [0.5, 0.6) is 0 Å². The first kappa shape index (κ1) is 21.1. The van der Waals surface area contributed by atoms with Gasteiger partial charge in [-0.2, -0.15) is 0 Å². The minimum Gasteiger partial charge on any atom is -0.328 e. The van der Waals surface area contributed by atoms with E-state index in [-0.39, 0.29) is 12.4 Å². The summed E-state index contributed by atoms with van der Waals surface area (Å²) >= 11 is 10.9. The second-order valence-corrected chi connectivity index (χ2v) is 4.01. The highest BCUT2D eigenvalue weighted by Gasteiger charge is 1.92. The molecule has 0 heterocycles. The third-order valence-corrected chi connectivity index (χ3v) is 2.32. The van der Waals surface area contributed by atoms with E-state index in [1.807, 2.05) is 7.05 Å². The predicted octanol–water partition coefficient (Wildman–Crippen LogP) is 2.95. The number of halogens is 3. The van der Waals surface area contributed by atoms with Crippen LogP contribution in [-0.2, 0) is 0 Å². The molecule has 5 heteroatoms. The van der Waals surface area contributed by atoms with Crippen molar-refractivity contribution in [2.75, 3.05) is 31.9 Å². The van der Waals surface area contributed by atoms with Gasteiger partial charge in [-0.15, -0.1) is 35.6 Å². The Labute approximate surface area is 111 Å². The molecule has 96 valence electrons. The van der Waals surface area contributed by atoms with Crippen molar-refractivity contribution >= 4 is 35.6 Å². The monoisotopic (exact) mass is 278 g/mol. The molecule has 2 N–H and O–H groups in total. The lowest BCUT2D eigenvalue weighted by Gasteiger charge is -2.11. The minimum absolute atomic E-state index is 0.